The molecule has 28 heavy (non-hydrogen) atoms. The van der Waals surface area contributed by atoms with Crippen LogP contribution in [0.2, 0.25) is 0 Å². The first-order chi connectivity index (χ1) is 13.5. The zero-order valence-corrected chi connectivity index (χ0v) is 17.7. The summed E-state index contributed by atoms with van der Waals surface area (Å²) in [6.45, 7) is 2.56. The minimum Gasteiger partial charge on any atom is -0.343 e. The van der Waals surface area contributed by atoms with Crippen LogP contribution in [0.3, 0.4) is 0 Å². The second-order valence-electron chi connectivity index (χ2n) is 6.83. The van der Waals surface area contributed by atoms with Crippen LogP contribution in [0.5, 0.6) is 0 Å². The van der Waals surface area contributed by atoms with Crippen molar-refractivity contribution in [3.05, 3.63) is 33.4 Å². The molecule has 0 aliphatic carbocycles. The number of carbonyl (C=O) groups excluding carboxylic acids is 4. The normalized spacial score (nSPS) is 16.8. The van der Waals surface area contributed by atoms with Crippen LogP contribution < -0.4 is 5.32 Å². The Labute approximate surface area is 177 Å². The standard InChI is InChI=1S/C19H23IN4O4/c20-15-6-2-1-5-14(15)17(26)21-13-16(25)22-9-11-24(12-10-22)19(28)18(27)23-7-3-4-8-23/h1-2,5-6H,3-4,7-13H2,(H,21,26). The summed E-state index contributed by atoms with van der Waals surface area (Å²) in [6, 6.07) is 7.16. The van der Waals surface area contributed by atoms with Crippen molar-refractivity contribution in [2.24, 2.45) is 0 Å². The van der Waals surface area contributed by atoms with E-state index in [1.807, 2.05) is 12.1 Å². The fourth-order valence-electron chi connectivity index (χ4n) is 3.36. The van der Waals surface area contributed by atoms with Crippen molar-refractivity contribution in [3.63, 3.8) is 0 Å². The van der Waals surface area contributed by atoms with E-state index in [2.05, 4.69) is 27.9 Å². The SMILES string of the molecule is O=C(NCC(=O)N1CCN(C(=O)C(=O)N2CCCC2)CC1)c1ccccc1I. The lowest BCUT2D eigenvalue weighted by molar-refractivity contribution is -0.153. The molecule has 9 heteroatoms. The average Bonchev–Trinajstić information content (AvgIpc) is 3.26. The van der Waals surface area contributed by atoms with Crippen molar-refractivity contribution in [1.82, 2.24) is 20.0 Å². The first-order valence-electron chi connectivity index (χ1n) is 9.36. The number of carbonyl (C=O) groups is 4. The van der Waals surface area contributed by atoms with Crippen LogP contribution >= 0.6 is 22.6 Å². The molecule has 8 nitrogen and oxygen atoms in total. The lowest BCUT2D eigenvalue weighted by Gasteiger charge is -2.35. The van der Waals surface area contributed by atoms with E-state index in [9.17, 15) is 19.2 Å². The Hall–Kier alpha value is -2.17. The molecule has 1 aromatic carbocycles. The third-order valence-electron chi connectivity index (χ3n) is 5.01. The Morgan fingerprint density at radius 3 is 1.96 bits per heavy atom. The predicted octanol–water partition coefficient (Wildman–Crippen LogP) is 0.314. The summed E-state index contributed by atoms with van der Waals surface area (Å²) in [6.07, 6.45) is 1.88. The second kappa shape index (κ2) is 9.35. The van der Waals surface area contributed by atoms with E-state index in [1.54, 1.807) is 21.9 Å². The molecular formula is C19H23IN4O4. The maximum atomic E-state index is 12.4. The third kappa shape index (κ3) is 4.81. The minimum atomic E-state index is -0.485. The summed E-state index contributed by atoms with van der Waals surface area (Å²) >= 11 is 2.08. The maximum absolute atomic E-state index is 12.4. The van der Waals surface area contributed by atoms with Gasteiger partial charge in [-0.05, 0) is 47.6 Å². The molecule has 2 heterocycles. The summed E-state index contributed by atoms with van der Waals surface area (Å²) in [5, 5.41) is 2.65. The highest BCUT2D eigenvalue weighted by Crippen LogP contribution is 2.12. The lowest BCUT2D eigenvalue weighted by atomic mass is 10.2. The van der Waals surface area contributed by atoms with Crippen molar-refractivity contribution in [2.45, 2.75) is 12.8 Å². The smallest absolute Gasteiger partial charge is 0.312 e. The van der Waals surface area contributed by atoms with Gasteiger partial charge >= 0.3 is 11.8 Å². The van der Waals surface area contributed by atoms with Gasteiger partial charge in [0.25, 0.3) is 5.91 Å². The summed E-state index contributed by atoms with van der Waals surface area (Å²) < 4.78 is 0.819. The Balaban J connectivity index is 1.44. The van der Waals surface area contributed by atoms with E-state index in [1.165, 1.54) is 4.90 Å². The van der Waals surface area contributed by atoms with Gasteiger partial charge in [0.05, 0.1) is 12.1 Å². The number of likely N-dealkylation sites (tertiary alicyclic amines) is 1. The lowest BCUT2D eigenvalue weighted by Crippen LogP contribution is -2.55. The first kappa shape index (κ1) is 20.6. The Morgan fingerprint density at radius 1 is 0.821 bits per heavy atom. The molecule has 2 aliphatic heterocycles. The number of nitrogens with one attached hydrogen (secondary N) is 1. The van der Waals surface area contributed by atoms with E-state index in [0.717, 1.165) is 16.4 Å². The fourth-order valence-corrected chi connectivity index (χ4v) is 3.99. The summed E-state index contributed by atoms with van der Waals surface area (Å²) in [5.74, 6) is -1.41. The number of hydrogen-bond donors (Lipinski definition) is 1. The monoisotopic (exact) mass is 498 g/mol. The second-order valence-corrected chi connectivity index (χ2v) is 8.00. The molecule has 0 aromatic heterocycles. The minimum absolute atomic E-state index is 0.0928. The van der Waals surface area contributed by atoms with Crippen LogP contribution in [0.25, 0.3) is 0 Å². The number of benzene rings is 1. The van der Waals surface area contributed by atoms with Gasteiger partial charge in [0, 0.05) is 42.8 Å². The molecule has 2 saturated heterocycles. The van der Waals surface area contributed by atoms with Crippen LogP contribution in [0, 0.1) is 3.57 Å². The van der Waals surface area contributed by atoms with Crippen LogP contribution in [0.4, 0.5) is 0 Å². The van der Waals surface area contributed by atoms with E-state index >= 15 is 0 Å². The first-order valence-corrected chi connectivity index (χ1v) is 10.4. The highest BCUT2D eigenvalue weighted by atomic mass is 127. The number of amides is 4. The molecule has 0 unspecified atom stereocenters. The van der Waals surface area contributed by atoms with E-state index in [0.29, 0.717) is 44.8 Å². The van der Waals surface area contributed by atoms with Crippen molar-refractivity contribution < 1.29 is 19.2 Å². The molecule has 0 bridgehead atoms. The highest BCUT2D eigenvalue weighted by molar-refractivity contribution is 14.1. The number of nitrogens with zero attached hydrogens (tertiary/aromatic N) is 3. The van der Waals surface area contributed by atoms with Crippen molar-refractivity contribution in [2.75, 3.05) is 45.8 Å². The van der Waals surface area contributed by atoms with Gasteiger partial charge in [0.1, 0.15) is 0 Å². The van der Waals surface area contributed by atoms with Crippen molar-refractivity contribution in [1.29, 1.82) is 0 Å². The molecular weight excluding hydrogens is 475 g/mol. The Morgan fingerprint density at radius 2 is 1.36 bits per heavy atom. The van der Waals surface area contributed by atoms with Gasteiger partial charge in [0.15, 0.2) is 0 Å². The zero-order valence-electron chi connectivity index (χ0n) is 15.5. The Kier molecular flexibility index (Phi) is 6.87. The molecule has 1 aromatic rings. The molecule has 0 spiro atoms. The van der Waals surface area contributed by atoms with Gasteiger partial charge in [-0.1, -0.05) is 12.1 Å². The molecule has 1 N–H and O–H groups in total. The largest absolute Gasteiger partial charge is 0.343 e. The van der Waals surface area contributed by atoms with E-state index < -0.39 is 11.8 Å². The average molecular weight is 498 g/mol. The fraction of sp³-hybridized carbons (Fsp3) is 0.474. The van der Waals surface area contributed by atoms with Crippen LogP contribution in [0.15, 0.2) is 24.3 Å². The van der Waals surface area contributed by atoms with Crippen LogP contribution in [0.1, 0.15) is 23.2 Å². The Bertz CT molecular complexity index is 771. The van der Waals surface area contributed by atoms with Crippen LogP contribution in [-0.4, -0.2) is 84.1 Å². The zero-order chi connectivity index (χ0) is 20.1. The van der Waals surface area contributed by atoms with Crippen LogP contribution in [-0.2, 0) is 14.4 Å². The van der Waals surface area contributed by atoms with E-state index in [4.69, 9.17) is 0 Å². The van der Waals surface area contributed by atoms with Crippen molar-refractivity contribution in [3.8, 4) is 0 Å². The van der Waals surface area contributed by atoms with Gasteiger partial charge in [-0.25, -0.2) is 0 Å². The number of piperazine rings is 1. The molecule has 0 atom stereocenters. The van der Waals surface area contributed by atoms with Gasteiger partial charge in [-0.3, -0.25) is 19.2 Å². The summed E-state index contributed by atoms with van der Waals surface area (Å²) in [7, 11) is 0. The van der Waals surface area contributed by atoms with Crippen molar-refractivity contribution >= 4 is 46.2 Å². The molecule has 2 aliphatic rings. The third-order valence-corrected chi connectivity index (χ3v) is 5.96. The molecule has 150 valence electrons. The number of halogens is 1. The van der Waals surface area contributed by atoms with Gasteiger partial charge in [-0.15, -0.1) is 0 Å². The predicted molar refractivity (Wildman–Crippen MR) is 110 cm³/mol. The molecule has 0 saturated carbocycles. The molecule has 2 fully saturated rings. The quantitative estimate of drug-likeness (QED) is 0.480. The summed E-state index contributed by atoms with van der Waals surface area (Å²) in [5.41, 5.74) is 0.534. The topological polar surface area (TPSA) is 90.0 Å². The van der Waals surface area contributed by atoms with Gasteiger partial charge < -0.3 is 20.0 Å². The molecule has 3 rings (SSSR count). The highest BCUT2D eigenvalue weighted by Gasteiger charge is 2.31. The molecule has 4 amide bonds. The number of rotatable bonds is 3. The van der Waals surface area contributed by atoms with Gasteiger partial charge in [0.2, 0.25) is 5.91 Å². The molecule has 0 radical (unpaired) electrons. The maximum Gasteiger partial charge on any atom is 0.312 e. The van der Waals surface area contributed by atoms with E-state index in [-0.39, 0.29) is 18.4 Å². The summed E-state index contributed by atoms with van der Waals surface area (Å²) in [4.78, 5) is 53.8. The van der Waals surface area contributed by atoms with Gasteiger partial charge in [-0.2, -0.15) is 0 Å². The number of hydrogen-bond acceptors (Lipinski definition) is 4.